The lowest BCUT2D eigenvalue weighted by Gasteiger charge is -2.17. The molecule has 162 valence electrons. The number of aromatic nitrogens is 1. The number of hydrogen-bond donors (Lipinski definition) is 1. The summed E-state index contributed by atoms with van der Waals surface area (Å²) in [6.45, 7) is 0.205. The molecule has 12 heteroatoms. The molecule has 1 amide bonds. The zero-order valence-electron chi connectivity index (χ0n) is 15.6. The van der Waals surface area contributed by atoms with E-state index in [9.17, 15) is 26.4 Å². The normalized spacial score (nSPS) is 13.7. The lowest BCUT2D eigenvalue weighted by molar-refractivity contribution is -0.137. The number of amides is 1. The average molecular weight is 469 g/mol. The average Bonchev–Trinajstić information content (AvgIpc) is 3.36. The Hall–Kier alpha value is -3.12. The fourth-order valence-electron chi connectivity index (χ4n) is 3.07. The van der Waals surface area contributed by atoms with E-state index in [1.807, 2.05) is 0 Å². The third kappa shape index (κ3) is 4.49. The van der Waals surface area contributed by atoms with Crippen LogP contribution in [-0.2, 0) is 22.6 Å². The van der Waals surface area contributed by atoms with Crippen molar-refractivity contribution in [2.45, 2.75) is 17.5 Å². The zero-order valence-corrected chi connectivity index (χ0v) is 17.2. The van der Waals surface area contributed by atoms with Crippen LogP contribution in [0.5, 0.6) is 5.75 Å². The van der Waals surface area contributed by atoms with Gasteiger partial charge in [-0.3, -0.25) is 9.62 Å². The van der Waals surface area contributed by atoms with Crippen molar-refractivity contribution in [1.29, 1.82) is 0 Å². The van der Waals surface area contributed by atoms with E-state index in [4.69, 9.17) is 4.74 Å². The Morgan fingerprint density at radius 2 is 2.00 bits per heavy atom. The Kier molecular flexibility index (Phi) is 5.35. The number of hydrogen-bond acceptors (Lipinski definition) is 6. The number of benzene rings is 2. The Morgan fingerprint density at radius 1 is 1.19 bits per heavy atom. The quantitative estimate of drug-likeness (QED) is 0.607. The molecule has 0 unspecified atom stereocenters. The lowest BCUT2D eigenvalue weighted by Crippen LogP contribution is -2.31. The van der Waals surface area contributed by atoms with Gasteiger partial charge in [0.2, 0.25) is 0 Å². The van der Waals surface area contributed by atoms with Crippen molar-refractivity contribution in [3.63, 3.8) is 0 Å². The van der Waals surface area contributed by atoms with Crippen molar-refractivity contribution < 1.29 is 31.1 Å². The maximum Gasteiger partial charge on any atom is 0.419 e. The fourth-order valence-corrected chi connectivity index (χ4v) is 4.91. The second-order valence-electron chi connectivity index (χ2n) is 6.53. The predicted octanol–water partition coefficient (Wildman–Crippen LogP) is 4.52. The standard InChI is InChI=1S/C19H14F3N3O4S2/c20-19(21,22)13-2-1-3-14(11-13)29-18(26)25-8-6-12-10-15(4-5-16(12)25)31(27,28)24-17-23-7-9-30-17/h1-5,7,9-11H,6,8H2,(H,23,24). The molecule has 1 N–H and O–H groups in total. The van der Waals surface area contributed by atoms with E-state index in [1.165, 1.54) is 35.4 Å². The van der Waals surface area contributed by atoms with Crippen LogP contribution in [0.2, 0.25) is 0 Å². The first-order valence-electron chi connectivity index (χ1n) is 8.85. The van der Waals surface area contributed by atoms with Gasteiger partial charge in [0.25, 0.3) is 10.0 Å². The van der Waals surface area contributed by atoms with Gasteiger partial charge in [-0.2, -0.15) is 13.2 Å². The number of rotatable bonds is 4. The summed E-state index contributed by atoms with van der Waals surface area (Å²) in [5, 5.41) is 1.86. The maximum absolute atomic E-state index is 12.8. The molecule has 1 aliphatic rings. The molecule has 0 bridgehead atoms. The van der Waals surface area contributed by atoms with Gasteiger partial charge in [-0.15, -0.1) is 11.3 Å². The number of carbonyl (C=O) groups is 1. The number of sulfonamides is 1. The van der Waals surface area contributed by atoms with Crippen molar-refractivity contribution >= 4 is 38.3 Å². The molecule has 2 heterocycles. The van der Waals surface area contributed by atoms with Crippen LogP contribution in [0.4, 0.5) is 28.8 Å². The third-order valence-corrected chi connectivity index (χ3v) is 6.65. The van der Waals surface area contributed by atoms with E-state index < -0.39 is 27.9 Å². The molecule has 7 nitrogen and oxygen atoms in total. The van der Waals surface area contributed by atoms with Gasteiger partial charge in [-0.25, -0.2) is 18.2 Å². The van der Waals surface area contributed by atoms with Crippen molar-refractivity contribution in [3.05, 3.63) is 65.2 Å². The molecule has 0 spiro atoms. The number of anilines is 2. The Bertz CT molecular complexity index is 1230. The van der Waals surface area contributed by atoms with Gasteiger partial charge >= 0.3 is 12.3 Å². The molecule has 1 aromatic heterocycles. The Morgan fingerprint density at radius 3 is 2.71 bits per heavy atom. The summed E-state index contributed by atoms with van der Waals surface area (Å²) in [5.74, 6) is -0.236. The molecule has 2 aromatic carbocycles. The minimum atomic E-state index is -4.56. The molecule has 4 rings (SSSR count). The number of fused-ring (bicyclic) bond motifs is 1. The summed E-state index contributed by atoms with van der Waals surface area (Å²) >= 11 is 1.14. The lowest BCUT2D eigenvalue weighted by atomic mass is 10.2. The Labute approximate surface area is 179 Å². The molecule has 0 radical (unpaired) electrons. The number of nitrogens with one attached hydrogen (secondary N) is 1. The van der Waals surface area contributed by atoms with Gasteiger partial charge in [0.05, 0.1) is 16.1 Å². The van der Waals surface area contributed by atoms with Gasteiger partial charge in [0.1, 0.15) is 5.75 Å². The topological polar surface area (TPSA) is 88.6 Å². The van der Waals surface area contributed by atoms with Crippen LogP contribution in [0.15, 0.2) is 58.9 Å². The van der Waals surface area contributed by atoms with Crippen molar-refractivity contribution in [2.75, 3.05) is 16.2 Å². The first-order valence-corrected chi connectivity index (χ1v) is 11.2. The summed E-state index contributed by atoms with van der Waals surface area (Å²) in [7, 11) is -3.85. The van der Waals surface area contributed by atoms with Gasteiger partial charge in [-0.05, 0) is 48.4 Å². The molecule has 3 aromatic rings. The highest BCUT2D eigenvalue weighted by molar-refractivity contribution is 7.93. The number of ether oxygens (including phenoxy) is 1. The van der Waals surface area contributed by atoms with Crippen molar-refractivity contribution in [3.8, 4) is 5.75 Å². The van der Waals surface area contributed by atoms with E-state index in [0.717, 1.165) is 29.5 Å². The zero-order chi connectivity index (χ0) is 22.2. The summed E-state index contributed by atoms with van der Waals surface area (Å²) < 4.78 is 71.1. The third-order valence-electron chi connectivity index (χ3n) is 4.50. The summed E-state index contributed by atoms with van der Waals surface area (Å²) in [6.07, 6.45) is -3.57. The smallest absolute Gasteiger partial charge is 0.410 e. The summed E-state index contributed by atoms with van der Waals surface area (Å²) in [6, 6.07) is 8.28. The summed E-state index contributed by atoms with van der Waals surface area (Å²) in [5.41, 5.74) is 0.107. The first-order chi connectivity index (χ1) is 14.6. The first kappa shape index (κ1) is 21.1. The van der Waals surface area contributed by atoms with Crippen molar-refractivity contribution in [1.82, 2.24) is 4.98 Å². The molecule has 31 heavy (non-hydrogen) atoms. The van der Waals surface area contributed by atoms with E-state index >= 15 is 0 Å². The van der Waals surface area contributed by atoms with Crippen LogP contribution in [0, 0.1) is 0 Å². The van der Waals surface area contributed by atoms with Crippen LogP contribution < -0.4 is 14.4 Å². The maximum atomic E-state index is 12.8. The monoisotopic (exact) mass is 469 g/mol. The SMILES string of the molecule is O=C(Oc1cccc(C(F)(F)F)c1)N1CCc2cc(S(=O)(=O)Nc3nccs3)ccc21. The highest BCUT2D eigenvalue weighted by Crippen LogP contribution is 2.33. The highest BCUT2D eigenvalue weighted by Gasteiger charge is 2.32. The van der Waals surface area contributed by atoms with Crippen LogP contribution in [0.3, 0.4) is 0 Å². The molecule has 0 fully saturated rings. The largest absolute Gasteiger partial charge is 0.419 e. The number of nitrogens with zero attached hydrogens (tertiary/aromatic N) is 2. The van der Waals surface area contributed by atoms with Crippen LogP contribution in [0.25, 0.3) is 0 Å². The molecule has 0 aliphatic carbocycles. The molecule has 0 atom stereocenters. The second kappa shape index (κ2) is 7.85. The van der Waals surface area contributed by atoms with Gasteiger partial charge in [0, 0.05) is 18.1 Å². The number of alkyl halides is 3. The molecular formula is C19H14F3N3O4S2. The molecule has 1 aliphatic heterocycles. The minimum absolute atomic E-state index is 0.00884. The Balaban J connectivity index is 1.52. The van der Waals surface area contributed by atoms with Crippen LogP contribution >= 0.6 is 11.3 Å². The van der Waals surface area contributed by atoms with E-state index in [2.05, 4.69) is 9.71 Å². The second-order valence-corrected chi connectivity index (χ2v) is 9.11. The van der Waals surface area contributed by atoms with Crippen molar-refractivity contribution in [2.24, 2.45) is 0 Å². The van der Waals surface area contributed by atoms with E-state index in [1.54, 1.807) is 5.38 Å². The van der Waals surface area contributed by atoms with Crippen LogP contribution in [-0.4, -0.2) is 26.0 Å². The number of thiazole rings is 1. The van der Waals surface area contributed by atoms with Gasteiger partial charge in [-0.1, -0.05) is 6.07 Å². The van der Waals surface area contributed by atoms with Gasteiger partial charge < -0.3 is 4.74 Å². The molecule has 0 saturated heterocycles. The predicted molar refractivity (Wildman–Crippen MR) is 108 cm³/mol. The van der Waals surface area contributed by atoms with E-state index in [0.29, 0.717) is 17.7 Å². The fraction of sp³-hybridized carbons (Fsp3) is 0.158. The number of carbonyl (C=O) groups excluding carboxylic acids is 1. The minimum Gasteiger partial charge on any atom is -0.410 e. The highest BCUT2D eigenvalue weighted by atomic mass is 32.2. The molecular weight excluding hydrogens is 455 g/mol. The number of halogens is 3. The van der Waals surface area contributed by atoms with Gasteiger partial charge in [0.15, 0.2) is 5.13 Å². The molecule has 0 saturated carbocycles. The van der Waals surface area contributed by atoms with E-state index in [-0.39, 0.29) is 22.3 Å². The summed E-state index contributed by atoms with van der Waals surface area (Å²) in [4.78, 5) is 17.7. The van der Waals surface area contributed by atoms with Crippen LogP contribution in [0.1, 0.15) is 11.1 Å².